The minimum absolute atomic E-state index is 0.00822. The normalized spacial score (nSPS) is 28.8. The number of rotatable bonds is 2. The van der Waals surface area contributed by atoms with Gasteiger partial charge in [-0.2, -0.15) is 13.2 Å². The Labute approximate surface area is 147 Å². The van der Waals surface area contributed by atoms with Crippen LogP contribution >= 0.6 is 11.3 Å². The molecule has 2 aliphatic rings. The van der Waals surface area contributed by atoms with E-state index >= 15 is 0 Å². The highest BCUT2D eigenvalue weighted by Crippen LogP contribution is 2.51. The molecular formula is C18H18F3NO2S. The number of anilines is 1. The Hall–Kier alpha value is -1.57. The van der Waals surface area contributed by atoms with Gasteiger partial charge < -0.3 is 15.2 Å². The van der Waals surface area contributed by atoms with E-state index in [-0.39, 0.29) is 24.7 Å². The maximum Gasteiger partial charge on any atom is 0.416 e. The number of fused-ring (bicyclic) bond motifs is 3. The number of thiophene rings is 1. The first-order valence-corrected chi connectivity index (χ1v) is 9.12. The van der Waals surface area contributed by atoms with Gasteiger partial charge in [-0.15, -0.1) is 11.3 Å². The van der Waals surface area contributed by atoms with E-state index in [0.29, 0.717) is 17.7 Å². The predicted octanol–water partition coefficient (Wildman–Crippen LogP) is 4.76. The van der Waals surface area contributed by atoms with Gasteiger partial charge in [0, 0.05) is 22.0 Å². The van der Waals surface area contributed by atoms with Crippen molar-refractivity contribution in [1.29, 1.82) is 0 Å². The van der Waals surface area contributed by atoms with Crippen molar-refractivity contribution in [2.45, 2.75) is 37.3 Å². The van der Waals surface area contributed by atoms with Gasteiger partial charge in [0.25, 0.3) is 0 Å². The van der Waals surface area contributed by atoms with Crippen LogP contribution in [0.15, 0.2) is 35.7 Å². The van der Waals surface area contributed by atoms with Crippen molar-refractivity contribution in [2.75, 3.05) is 11.9 Å². The minimum Gasteiger partial charge on any atom is -0.394 e. The van der Waals surface area contributed by atoms with Gasteiger partial charge in [0.15, 0.2) is 0 Å². The average molecular weight is 369 g/mol. The van der Waals surface area contributed by atoms with Gasteiger partial charge >= 0.3 is 6.18 Å². The molecule has 1 aromatic heterocycles. The van der Waals surface area contributed by atoms with E-state index in [1.165, 1.54) is 12.1 Å². The molecule has 2 N–H and O–H groups in total. The van der Waals surface area contributed by atoms with Crippen molar-refractivity contribution in [1.82, 2.24) is 0 Å². The van der Waals surface area contributed by atoms with Crippen LogP contribution in [0.2, 0.25) is 0 Å². The first kappa shape index (κ1) is 16.9. The summed E-state index contributed by atoms with van der Waals surface area (Å²) in [4.78, 5) is 1.14. The monoisotopic (exact) mass is 369 g/mol. The first-order chi connectivity index (χ1) is 12.0. The largest absolute Gasteiger partial charge is 0.416 e. The minimum atomic E-state index is -4.39. The maximum atomic E-state index is 13.1. The van der Waals surface area contributed by atoms with Crippen LogP contribution in [0.3, 0.4) is 0 Å². The fraction of sp³-hybridized carbons (Fsp3) is 0.444. The molecule has 2 aliphatic heterocycles. The molecule has 1 saturated heterocycles. The molecule has 1 fully saturated rings. The SMILES string of the molecule is OC[C@@H]1CC[C@@H]2[C@@H](c3cccs3)Nc3ccc(C(F)(F)F)cc3[C@@H]2O1. The summed E-state index contributed by atoms with van der Waals surface area (Å²) in [5.74, 6) is 0.0393. The highest BCUT2D eigenvalue weighted by atomic mass is 32.1. The quantitative estimate of drug-likeness (QED) is 0.802. The van der Waals surface area contributed by atoms with Crippen molar-refractivity contribution in [3.63, 3.8) is 0 Å². The van der Waals surface area contributed by atoms with Gasteiger partial charge in [-0.05, 0) is 42.5 Å². The number of aliphatic hydroxyl groups is 1. The van der Waals surface area contributed by atoms with E-state index in [9.17, 15) is 18.3 Å². The zero-order valence-corrected chi connectivity index (χ0v) is 14.1. The summed E-state index contributed by atoms with van der Waals surface area (Å²) < 4.78 is 45.4. The van der Waals surface area contributed by atoms with E-state index in [0.717, 1.165) is 17.4 Å². The lowest BCUT2D eigenvalue weighted by atomic mass is 9.78. The first-order valence-electron chi connectivity index (χ1n) is 8.25. The number of alkyl halides is 3. The summed E-state index contributed by atoms with van der Waals surface area (Å²) in [6, 6.07) is 7.79. The predicted molar refractivity (Wildman–Crippen MR) is 89.6 cm³/mol. The molecule has 0 amide bonds. The number of nitrogens with one attached hydrogen (secondary N) is 1. The second-order valence-corrected chi connectivity index (χ2v) is 7.52. The van der Waals surface area contributed by atoms with Crippen LogP contribution in [0.4, 0.5) is 18.9 Å². The lowest BCUT2D eigenvalue weighted by Crippen LogP contribution is -2.39. The molecule has 3 nitrogen and oxygen atoms in total. The second kappa shape index (κ2) is 6.30. The molecule has 3 heterocycles. The summed E-state index contributed by atoms with van der Waals surface area (Å²) in [7, 11) is 0. The summed E-state index contributed by atoms with van der Waals surface area (Å²) in [5, 5.41) is 14.8. The van der Waals surface area contributed by atoms with Crippen LogP contribution in [0.25, 0.3) is 0 Å². The second-order valence-electron chi connectivity index (χ2n) is 6.54. The summed E-state index contributed by atoms with van der Waals surface area (Å²) >= 11 is 1.63. The van der Waals surface area contributed by atoms with Gasteiger partial charge in [-0.25, -0.2) is 0 Å². The third-order valence-electron chi connectivity index (χ3n) is 5.03. The number of hydrogen-bond acceptors (Lipinski definition) is 4. The molecule has 25 heavy (non-hydrogen) atoms. The Morgan fingerprint density at radius 3 is 2.76 bits per heavy atom. The number of aliphatic hydroxyl groups excluding tert-OH is 1. The lowest BCUT2D eigenvalue weighted by Gasteiger charge is -2.45. The summed E-state index contributed by atoms with van der Waals surface area (Å²) in [6.45, 7) is -0.116. The topological polar surface area (TPSA) is 41.5 Å². The molecule has 4 atom stereocenters. The highest BCUT2D eigenvalue weighted by molar-refractivity contribution is 7.10. The average Bonchev–Trinajstić information content (AvgIpc) is 3.13. The third-order valence-corrected chi connectivity index (χ3v) is 5.98. The zero-order chi connectivity index (χ0) is 17.6. The Morgan fingerprint density at radius 2 is 2.08 bits per heavy atom. The van der Waals surface area contributed by atoms with Gasteiger partial charge in [-0.1, -0.05) is 6.07 Å². The molecule has 0 aliphatic carbocycles. The Morgan fingerprint density at radius 1 is 1.24 bits per heavy atom. The Kier molecular flexibility index (Phi) is 4.25. The van der Waals surface area contributed by atoms with Crippen LogP contribution in [0.1, 0.15) is 41.0 Å². The van der Waals surface area contributed by atoms with Crippen LogP contribution in [-0.4, -0.2) is 17.8 Å². The Balaban J connectivity index is 1.77. The summed E-state index contributed by atoms with van der Waals surface area (Å²) in [6.07, 6.45) is -3.67. The third kappa shape index (κ3) is 3.05. The van der Waals surface area contributed by atoms with Gasteiger partial charge in [0.2, 0.25) is 0 Å². The van der Waals surface area contributed by atoms with Crippen molar-refractivity contribution in [3.05, 3.63) is 51.7 Å². The van der Waals surface area contributed by atoms with Crippen molar-refractivity contribution in [3.8, 4) is 0 Å². The van der Waals surface area contributed by atoms with E-state index in [4.69, 9.17) is 4.74 Å². The molecule has 0 unspecified atom stereocenters. The molecule has 0 spiro atoms. The molecule has 0 bridgehead atoms. The van der Waals surface area contributed by atoms with Crippen LogP contribution in [-0.2, 0) is 10.9 Å². The molecule has 0 saturated carbocycles. The van der Waals surface area contributed by atoms with E-state index < -0.39 is 17.8 Å². The molecule has 1 aromatic carbocycles. The molecule has 134 valence electrons. The van der Waals surface area contributed by atoms with Crippen molar-refractivity contribution < 1.29 is 23.0 Å². The standard InChI is InChI=1S/C18H18F3NO2S/c19-18(20,21)10-3-6-14-13(8-10)17-12(5-4-11(9-23)24-17)16(22-14)15-2-1-7-25-15/h1-3,6-8,11-12,16-17,22-23H,4-5,9H2/t11-,12+,16-,17+/m0/s1. The fourth-order valence-electron chi connectivity index (χ4n) is 3.82. The number of benzene rings is 1. The lowest BCUT2D eigenvalue weighted by molar-refractivity contribution is -0.138. The molecule has 7 heteroatoms. The van der Waals surface area contributed by atoms with E-state index in [2.05, 4.69) is 5.32 Å². The zero-order valence-electron chi connectivity index (χ0n) is 13.3. The van der Waals surface area contributed by atoms with Crippen LogP contribution in [0.5, 0.6) is 0 Å². The Bertz CT molecular complexity index is 747. The fourth-order valence-corrected chi connectivity index (χ4v) is 4.67. The van der Waals surface area contributed by atoms with Crippen LogP contribution in [0, 0.1) is 5.92 Å². The number of halogens is 3. The maximum absolute atomic E-state index is 13.1. The number of ether oxygens (including phenoxy) is 1. The number of hydrogen-bond donors (Lipinski definition) is 2. The summed E-state index contributed by atoms with van der Waals surface area (Å²) in [5.41, 5.74) is 0.535. The van der Waals surface area contributed by atoms with Gasteiger partial charge in [-0.3, -0.25) is 0 Å². The van der Waals surface area contributed by atoms with E-state index in [1.807, 2.05) is 17.5 Å². The van der Waals surface area contributed by atoms with E-state index in [1.54, 1.807) is 11.3 Å². The molecule has 4 rings (SSSR count). The van der Waals surface area contributed by atoms with Gasteiger partial charge in [0.05, 0.1) is 30.4 Å². The van der Waals surface area contributed by atoms with Crippen molar-refractivity contribution in [2.24, 2.45) is 5.92 Å². The van der Waals surface area contributed by atoms with Crippen molar-refractivity contribution >= 4 is 17.0 Å². The molecule has 2 aromatic rings. The van der Waals surface area contributed by atoms with Gasteiger partial charge in [0.1, 0.15) is 0 Å². The molecule has 0 radical (unpaired) electrons. The highest BCUT2D eigenvalue weighted by Gasteiger charge is 2.43. The smallest absolute Gasteiger partial charge is 0.394 e. The van der Waals surface area contributed by atoms with Crippen LogP contribution < -0.4 is 5.32 Å². The molecular weight excluding hydrogens is 351 g/mol.